The molecule has 2 unspecified atom stereocenters. The first-order chi connectivity index (χ1) is 21.7. The molecule has 46 heavy (non-hydrogen) atoms. The number of carboxylic acids is 2. The Morgan fingerprint density at radius 3 is 1.87 bits per heavy atom. The first-order valence-electron chi connectivity index (χ1n) is 13.6. The zero-order chi connectivity index (χ0) is 33.6. The number of Topliss-reactive ketones (excluding diaryl/α,β-unsaturated/α-hetero) is 1. The number of carboxylic acid groups (broad SMARTS) is 2. The van der Waals surface area contributed by atoms with Crippen LogP contribution in [0.2, 0.25) is 0 Å². The number of ether oxygens (including phenoxy) is 6. The van der Waals surface area contributed by atoms with E-state index in [9.17, 15) is 60.3 Å². The van der Waals surface area contributed by atoms with Gasteiger partial charge in [0.2, 0.25) is 12.6 Å². The monoisotopic (exact) mass is 654 g/mol. The molecule has 0 aromatic heterocycles. The van der Waals surface area contributed by atoms with Crippen LogP contribution in [0.1, 0.15) is 28.4 Å². The Labute approximate surface area is 258 Å². The Balaban J connectivity index is 1.39. The van der Waals surface area contributed by atoms with Gasteiger partial charge in [-0.2, -0.15) is 0 Å². The second-order valence-corrected chi connectivity index (χ2v) is 10.7. The molecule has 0 amide bonds. The maximum absolute atomic E-state index is 13.1. The highest BCUT2D eigenvalue weighted by Crippen LogP contribution is 2.44. The summed E-state index contributed by atoms with van der Waals surface area (Å²) in [5, 5.41) is 89.9. The third kappa shape index (κ3) is 6.11. The minimum Gasteiger partial charge on any atom is -0.507 e. The van der Waals surface area contributed by atoms with Crippen molar-refractivity contribution in [1.82, 2.24) is 0 Å². The van der Waals surface area contributed by atoms with E-state index in [1.807, 2.05) is 0 Å². The van der Waals surface area contributed by atoms with Gasteiger partial charge in [0.1, 0.15) is 65.5 Å². The molecule has 9 N–H and O–H groups in total. The number of carbonyl (C=O) groups is 3. The summed E-state index contributed by atoms with van der Waals surface area (Å²) in [5.41, 5.74) is 0.0669. The summed E-state index contributed by atoms with van der Waals surface area (Å²) in [7, 11) is 1.28. The van der Waals surface area contributed by atoms with Crippen molar-refractivity contribution in [3.05, 3.63) is 41.5 Å². The summed E-state index contributed by atoms with van der Waals surface area (Å²) in [6.45, 7) is 0. The van der Waals surface area contributed by atoms with Gasteiger partial charge in [0, 0.05) is 12.1 Å². The molecule has 0 aliphatic carbocycles. The first kappa shape index (κ1) is 33.1. The molecule has 18 nitrogen and oxygen atoms in total. The number of aliphatic hydroxyl groups is 6. The number of aromatic hydroxyl groups is 1. The largest absolute Gasteiger partial charge is 0.507 e. The van der Waals surface area contributed by atoms with E-state index in [2.05, 4.69) is 0 Å². The molecule has 2 fully saturated rings. The molecule has 5 rings (SSSR count). The van der Waals surface area contributed by atoms with Gasteiger partial charge in [-0.3, -0.25) is 4.79 Å². The average molecular weight is 655 g/mol. The number of phenolic OH excluding ortho intramolecular Hbond substituents is 1. The molecule has 0 bridgehead atoms. The normalized spacial score (nSPS) is 34.2. The predicted octanol–water partition coefficient (Wildman–Crippen LogP) is -2.35. The third-order valence-electron chi connectivity index (χ3n) is 7.65. The standard InChI is InChI=1S/C28H30O18/c1-41-12-3-2-8(4-14(12)44-28-22(36)18(32)20(34)24(46-28)26(39)40)13-7-11(30)16-10(29)5-9(6-15(16)43-13)42-27-21(35)17(31)19(33)23(45-27)25(37)38/h2-6,13,17-24,27-29,31-36H,7H2,1H3,(H,37,38)(H,39,40)/t13?,17-,18-,19-,20-,21+,22+,23-,24-,27+,28?/m0/s1. The molecule has 3 aliphatic heterocycles. The van der Waals surface area contributed by atoms with Crippen molar-refractivity contribution in [2.45, 2.75) is 73.9 Å². The van der Waals surface area contributed by atoms with E-state index in [0.29, 0.717) is 0 Å². The predicted molar refractivity (Wildman–Crippen MR) is 143 cm³/mol. The van der Waals surface area contributed by atoms with Crippen LogP contribution in [-0.2, 0) is 19.1 Å². The van der Waals surface area contributed by atoms with E-state index in [1.54, 1.807) is 0 Å². The van der Waals surface area contributed by atoms with E-state index < -0.39 is 91.0 Å². The maximum Gasteiger partial charge on any atom is 0.335 e. The minimum absolute atomic E-state index is 0.0703. The number of aliphatic hydroxyl groups excluding tert-OH is 6. The van der Waals surface area contributed by atoms with Crippen LogP contribution in [0.3, 0.4) is 0 Å². The fourth-order valence-electron chi connectivity index (χ4n) is 5.21. The molecule has 11 atom stereocenters. The molecule has 250 valence electrons. The van der Waals surface area contributed by atoms with E-state index in [1.165, 1.54) is 25.3 Å². The quantitative estimate of drug-likeness (QED) is 0.144. The van der Waals surface area contributed by atoms with Crippen molar-refractivity contribution in [1.29, 1.82) is 0 Å². The topological polar surface area (TPSA) is 289 Å². The lowest BCUT2D eigenvalue weighted by Gasteiger charge is -2.38. The lowest BCUT2D eigenvalue weighted by molar-refractivity contribution is -0.271. The summed E-state index contributed by atoms with van der Waals surface area (Å²) < 4.78 is 32.6. The Hall–Kier alpha value is -4.27. The summed E-state index contributed by atoms with van der Waals surface area (Å²) in [6.07, 6.45) is -20.4. The average Bonchev–Trinajstić information content (AvgIpc) is 3.00. The number of hydrogen-bond acceptors (Lipinski definition) is 16. The molecule has 2 aromatic carbocycles. The molecule has 2 saturated heterocycles. The molecule has 18 heteroatoms. The van der Waals surface area contributed by atoms with Gasteiger partial charge < -0.3 is 74.4 Å². The van der Waals surface area contributed by atoms with Gasteiger partial charge in [0.15, 0.2) is 29.5 Å². The molecule has 2 aromatic rings. The molecule has 0 radical (unpaired) electrons. The molecule has 0 saturated carbocycles. The molecule has 3 heterocycles. The fraction of sp³-hybridized carbons (Fsp3) is 0.464. The number of fused-ring (bicyclic) bond motifs is 1. The van der Waals surface area contributed by atoms with E-state index in [0.717, 1.165) is 12.1 Å². The lowest BCUT2D eigenvalue weighted by atomic mass is 9.95. The number of ketones is 1. The van der Waals surface area contributed by atoms with E-state index in [4.69, 9.17) is 28.4 Å². The van der Waals surface area contributed by atoms with Crippen molar-refractivity contribution in [2.24, 2.45) is 0 Å². The third-order valence-corrected chi connectivity index (χ3v) is 7.65. The van der Waals surface area contributed by atoms with Crippen LogP contribution < -0.4 is 18.9 Å². The SMILES string of the molecule is COc1ccc(C2CC(=O)c3c(O)cc(O[C@@H]4O[C@H](C(=O)O)[C@@H](O)[C@H](O)[C@H]4O)cc3O2)cc1OC1O[C@H](C(=O)O)[C@@H](O)[C@H](O)[C@H]1O. The highest BCUT2D eigenvalue weighted by molar-refractivity contribution is 6.02. The molecule has 0 spiro atoms. The van der Waals surface area contributed by atoms with Crippen molar-refractivity contribution in [3.63, 3.8) is 0 Å². The van der Waals surface area contributed by atoms with E-state index in [-0.39, 0.29) is 40.5 Å². The fourth-order valence-corrected chi connectivity index (χ4v) is 5.21. The van der Waals surface area contributed by atoms with Gasteiger partial charge in [-0.15, -0.1) is 0 Å². The maximum atomic E-state index is 13.1. The van der Waals surface area contributed by atoms with Gasteiger partial charge in [0.25, 0.3) is 0 Å². The highest BCUT2D eigenvalue weighted by Gasteiger charge is 2.49. The summed E-state index contributed by atoms with van der Waals surface area (Å²) in [5.74, 6) is -4.93. The summed E-state index contributed by atoms with van der Waals surface area (Å²) in [6, 6.07) is 6.36. The first-order valence-corrected chi connectivity index (χ1v) is 13.6. The van der Waals surface area contributed by atoms with Crippen LogP contribution in [0.4, 0.5) is 0 Å². The summed E-state index contributed by atoms with van der Waals surface area (Å²) >= 11 is 0. The second-order valence-electron chi connectivity index (χ2n) is 10.7. The van der Waals surface area contributed by atoms with Crippen LogP contribution >= 0.6 is 0 Å². The van der Waals surface area contributed by atoms with Crippen molar-refractivity contribution >= 4 is 17.7 Å². The molecular weight excluding hydrogens is 624 g/mol. The Morgan fingerprint density at radius 2 is 1.33 bits per heavy atom. The zero-order valence-corrected chi connectivity index (χ0v) is 23.6. The van der Waals surface area contributed by atoms with Gasteiger partial charge >= 0.3 is 11.9 Å². The Morgan fingerprint density at radius 1 is 0.761 bits per heavy atom. The Kier molecular flexibility index (Phi) is 9.25. The second kappa shape index (κ2) is 12.9. The number of hydrogen-bond donors (Lipinski definition) is 9. The Bertz CT molecular complexity index is 1500. The number of phenols is 1. The smallest absolute Gasteiger partial charge is 0.335 e. The van der Waals surface area contributed by atoms with Crippen LogP contribution in [0.15, 0.2) is 30.3 Å². The number of aliphatic carboxylic acids is 2. The van der Waals surface area contributed by atoms with Gasteiger partial charge in [-0.1, -0.05) is 6.07 Å². The highest BCUT2D eigenvalue weighted by atomic mass is 16.7. The zero-order valence-electron chi connectivity index (χ0n) is 23.6. The van der Waals surface area contributed by atoms with Gasteiger partial charge in [0.05, 0.1) is 13.5 Å². The molecular formula is C28H30O18. The molecule has 3 aliphatic rings. The van der Waals surface area contributed by atoms with Crippen LogP contribution in [0.25, 0.3) is 0 Å². The summed E-state index contributed by atoms with van der Waals surface area (Å²) in [4.78, 5) is 36.0. The number of rotatable bonds is 8. The lowest BCUT2D eigenvalue weighted by Crippen LogP contribution is -2.61. The van der Waals surface area contributed by atoms with Crippen LogP contribution in [0, 0.1) is 0 Å². The van der Waals surface area contributed by atoms with E-state index >= 15 is 0 Å². The number of carbonyl (C=O) groups excluding carboxylic acids is 1. The van der Waals surface area contributed by atoms with Crippen molar-refractivity contribution in [3.8, 4) is 28.7 Å². The minimum atomic E-state index is -1.97. The number of benzene rings is 2. The van der Waals surface area contributed by atoms with Crippen molar-refractivity contribution < 1.29 is 88.8 Å². The number of methoxy groups -OCH3 is 1. The van der Waals surface area contributed by atoms with Gasteiger partial charge in [-0.25, -0.2) is 9.59 Å². The van der Waals surface area contributed by atoms with Crippen LogP contribution in [-0.4, -0.2) is 132 Å². The van der Waals surface area contributed by atoms with Crippen molar-refractivity contribution in [2.75, 3.05) is 7.11 Å². The van der Waals surface area contributed by atoms with Crippen LogP contribution in [0.5, 0.6) is 28.7 Å². The van der Waals surface area contributed by atoms with Gasteiger partial charge in [-0.05, 0) is 17.7 Å².